The van der Waals surface area contributed by atoms with Gasteiger partial charge in [0.05, 0.1) is 0 Å². The van der Waals surface area contributed by atoms with Crippen LogP contribution >= 0.6 is 0 Å². The van der Waals surface area contributed by atoms with Gasteiger partial charge in [-0.3, -0.25) is 15.6 Å². The van der Waals surface area contributed by atoms with Crippen LogP contribution in [0, 0.1) is 6.92 Å². The Morgan fingerprint density at radius 3 is 3.09 bits per heavy atom. The first-order chi connectivity index (χ1) is 5.33. The van der Waals surface area contributed by atoms with Crippen LogP contribution in [0.25, 0.3) is 0 Å². The molecule has 5 heteroatoms. The molecule has 1 heterocycles. The van der Waals surface area contributed by atoms with Crippen LogP contribution in [-0.2, 0) is 4.79 Å². The van der Waals surface area contributed by atoms with Crippen molar-refractivity contribution in [2.24, 2.45) is 0 Å². The number of amides is 1. The smallest absolute Gasteiger partial charge is 0.241 e. The number of carbonyl (C=O) groups excluding carboxylic acids is 1. The van der Waals surface area contributed by atoms with Gasteiger partial charge in [0.15, 0.2) is 0 Å². The largest absolute Gasteiger partial charge is 0.277 e. The molecule has 0 aromatic carbocycles. The predicted molar refractivity (Wildman–Crippen MR) is 39.6 cm³/mol. The van der Waals surface area contributed by atoms with Crippen molar-refractivity contribution in [3.05, 3.63) is 18.0 Å². The minimum absolute atomic E-state index is 0.386. The first kappa shape index (κ1) is 7.46. The van der Waals surface area contributed by atoms with Gasteiger partial charge in [0, 0.05) is 11.9 Å². The molecular formula is C6H8N4O. The number of anilines is 1. The Balaban J connectivity index is 2.63. The zero-order chi connectivity index (χ0) is 8.10. The number of hydrogen-bond donors (Lipinski definition) is 2. The second-order valence-electron chi connectivity index (χ2n) is 1.91. The van der Waals surface area contributed by atoms with Gasteiger partial charge in [0.1, 0.15) is 0 Å². The van der Waals surface area contributed by atoms with Gasteiger partial charge in [0.25, 0.3) is 0 Å². The van der Waals surface area contributed by atoms with Crippen molar-refractivity contribution in [2.45, 2.75) is 6.92 Å². The van der Waals surface area contributed by atoms with E-state index in [0.717, 1.165) is 5.69 Å². The minimum atomic E-state index is 0.386. The fourth-order valence-corrected chi connectivity index (χ4v) is 0.603. The SMILES string of the molecule is Cc1ccnc(NNC=O)n1. The fourth-order valence-electron chi connectivity index (χ4n) is 0.603. The summed E-state index contributed by atoms with van der Waals surface area (Å²) >= 11 is 0. The number of rotatable bonds is 3. The molecule has 1 rings (SSSR count). The van der Waals surface area contributed by atoms with Crippen molar-refractivity contribution in [2.75, 3.05) is 5.43 Å². The Bertz CT molecular complexity index is 250. The summed E-state index contributed by atoms with van der Waals surface area (Å²) in [5.41, 5.74) is 5.57. The van der Waals surface area contributed by atoms with E-state index in [9.17, 15) is 4.79 Å². The summed E-state index contributed by atoms with van der Waals surface area (Å²) in [6.45, 7) is 1.84. The third kappa shape index (κ3) is 2.21. The summed E-state index contributed by atoms with van der Waals surface area (Å²) in [6, 6.07) is 1.77. The van der Waals surface area contributed by atoms with Crippen molar-refractivity contribution in [3.8, 4) is 0 Å². The molecule has 5 nitrogen and oxygen atoms in total. The lowest BCUT2D eigenvalue weighted by Crippen LogP contribution is -2.20. The minimum Gasteiger partial charge on any atom is -0.277 e. The zero-order valence-electron chi connectivity index (χ0n) is 6.03. The van der Waals surface area contributed by atoms with Gasteiger partial charge in [-0.1, -0.05) is 0 Å². The van der Waals surface area contributed by atoms with Crippen LogP contribution in [-0.4, -0.2) is 16.4 Å². The number of aromatic nitrogens is 2. The molecule has 11 heavy (non-hydrogen) atoms. The molecular weight excluding hydrogens is 144 g/mol. The van der Waals surface area contributed by atoms with E-state index < -0.39 is 0 Å². The first-order valence-corrected chi connectivity index (χ1v) is 3.08. The lowest BCUT2D eigenvalue weighted by atomic mass is 10.5. The van der Waals surface area contributed by atoms with Crippen LogP contribution in [0.2, 0.25) is 0 Å². The van der Waals surface area contributed by atoms with Crippen molar-refractivity contribution < 1.29 is 4.79 Å². The highest BCUT2D eigenvalue weighted by Crippen LogP contribution is 1.95. The molecule has 0 radical (unpaired) electrons. The quantitative estimate of drug-likeness (QED) is 0.467. The van der Waals surface area contributed by atoms with Gasteiger partial charge in [0.2, 0.25) is 12.4 Å². The average Bonchev–Trinajstić information content (AvgIpc) is 2.01. The zero-order valence-corrected chi connectivity index (χ0v) is 6.03. The Morgan fingerprint density at radius 2 is 2.45 bits per heavy atom. The van der Waals surface area contributed by atoms with Crippen LogP contribution in [0.1, 0.15) is 5.69 Å². The molecule has 1 aromatic heterocycles. The molecule has 1 aromatic rings. The summed E-state index contributed by atoms with van der Waals surface area (Å²) in [7, 11) is 0. The lowest BCUT2D eigenvalue weighted by molar-refractivity contribution is -0.109. The standard InChI is InChI=1S/C6H8N4O/c1-5-2-3-7-6(9-5)10-8-4-11/h2-4H,1H3,(H,8,11)(H,7,9,10). The molecule has 1 amide bonds. The van der Waals surface area contributed by atoms with E-state index in [1.807, 2.05) is 6.92 Å². The maximum atomic E-state index is 9.83. The number of carbonyl (C=O) groups is 1. The van der Waals surface area contributed by atoms with E-state index in [-0.39, 0.29) is 0 Å². The average molecular weight is 152 g/mol. The summed E-state index contributed by atoms with van der Waals surface area (Å²) in [5.74, 6) is 0.386. The summed E-state index contributed by atoms with van der Waals surface area (Å²) in [6.07, 6.45) is 2.13. The number of hydrazine groups is 1. The van der Waals surface area contributed by atoms with Crippen LogP contribution in [0.3, 0.4) is 0 Å². The Hall–Kier alpha value is -1.65. The molecule has 0 aliphatic carbocycles. The summed E-state index contributed by atoms with van der Waals surface area (Å²) < 4.78 is 0. The van der Waals surface area contributed by atoms with E-state index >= 15 is 0 Å². The van der Waals surface area contributed by atoms with Gasteiger partial charge in [-0.2, -0.15) is 0 Å². The lowest BCUT2D eigenvalue weighted by Gasteiger charge is -2.00. The third-order valence-electron chi connectivity index (χ3n) is 1.04. The van der Waals surface area contributed by atoms with Gasteiger partial charge in [-0.05, 0) is 13.0 Å². The van der Waals surface area contributed by atoms with Crippen LogP contribution in [0.4, 0.5) is 5.95 Å². The Labute approximate surface area is 63.8 Å². The van der Waals surface area contributed by atoms with Crippen molar-refractivity contribution in [1.29, 1.82) is 0 Å². The van der Waals surface area contributed by atoms with Crippen LogP contribution in [0.15, 0.2) is 12.3 Å². The van der Waals surface area contributed by atoms with Crippen molar-refractivity contribution >= 4 is 12.4 Å². The van der Waals surface area contributed by atoms with Gasteiger partial charge < -0.3 is 0 Å². The highest BCUT2D eigenvalue weighted by Gasteiger charge is 1.91. The maximum Gasteiger partial charge on any atom is 0.241 e. The van der Waals surface area contributed by atoms with E-state index in [1.165, 1.54) is 0 Å². The van der Waals surface area contributed by atoms with E-state index in [4.69, 9.17) is 0 Å². The molecule has 58 valence electrons. The van der Waals surface area contributed by atoms with Gasteiger partial charge >= 0.3 is 0 Å². The Kier molecular flexibility index (Phi) is 2.37. The highest BCUT2D eigenvalue weighted by atomic mass is 16.1. The topological polar surface area (TPSA) is 66.9 Å². The molecule has 0 bridgehead atoms. The molecule has 0 aliphatic rings. The van der Waals surface area contributed by atoms with E-state index in [0.29, 0.717) is 12.4 Å². The molecule has 0 atom stereocenters. The molecule has 0 saturated heterocycles. The number of aryl methyl sites for hydroxylation is 1. The van der Waals surface area contributed by atoms with Crippen LogP contribution < -0.4 is 10.9 Å². The third-order valence-corrected chi connectivity index (χ3v) is 1.04. The molecule has 0 spiro atoms. The van der Waals surface area contributed by atoms with Gasteiger partial charge in [-0.15, -0.1) is 0 Å². The monoisotopic (exact) mass is 152 g/mol. The number of nitrogens with one attached hydrogen (secondary N) is 2. The fraction of sp³-hybridized carbons (Fsp3) is 0.167. The first-order valence-electron chi connectivity index (χ1n) is 3.08. The highest BCUT2D eigenvalue weighted by molar-refractivity contribution is 5.49. The molecule has 0 aliphatic heterocycles. The molecule has 0 saturated carbocycles. The molecule has 0 unspecified atom stereocenters. The summed E-state index contributed by atoms with van der Waals surface area (Å²) in [4.78, 5) is 17.6. The number of hydrogen-bond acceptors (Lipinski definition) is 4. The van der Waals surface area contributed by atoms with Crippen molar-refractivity contribution in [3.63, 3.8) is 0 Å². The van der Waals surface area contributed by atoms with Crippen molar-refractivity contribution in [1.82, 2.24) is 15.4 Å². The maximum absolute atomic E-state index is 9.83. The predicted octanol–water partition coefficient (Wildman–Crippen LogP) is -0.142. The van der Waals surface area contributed by atoms with Gasteiger partial charge in [-0.25, -0.2) is 9.97 Å². The van der Waals surface area contributed by atoms with E-state index in [1.54, 1.807) is 12.3 Å². The second kappa shape index (κ2) is 3.50. The van der Waals surface area contributed by atoms with E-state index in [2.05, 4.69) is 20.8 Å². The normalized spacial score (nSPS) is 8.82. The second-order valence-corrected chi connectivity index (χ2v) is 1.91. The number of nitrogens with zero attached hydrogens (tertiary/aromatic N) is 2. The Morgan fingerprint density at radius 1 is 1.64 bits per heavy atom. The van der Waals surface area contributed by atoms with Crippen LogP contribution in [0.5, 0.6) is 0 Å². The molecule has 0 fully saturated rings. The summed E-state index contributed by atoms with van der Waals surface area (Å²) in [5, 5.41) is 0. The molecule has 2 N–H and O–H groups in total.